The van der Waals surface area contributed by atoms with Crippen molar-refractivity contribution >= 4 is 21.7 Å². The number of ketones is 1. The molecule has 0 unspecified atom stereocenters. The molecule has 0 aliphatic heterocycles. The lowest BCUT2D eigenvalue weighted by atomic mass is 10.1. The molecule has 0 amide bonds. The summed E-state index contributed by atoms with van der Waals surface area (Å²) in [5.41, 5.74) is 8.72. The molecule has 0 bridgehead atoms. The molecule has 0 radical (unpaired) electrons. The molecule has 4 nitrogen and oxygen atoms in total. The van der Waals surface area contributed by atoms with E-state index in [0.29, 0.717) is 5.56 Å². The smallest absolute Gasteiger partial charge is 0.171 e. The molecule has 0 aliphatic rings. The Morgan fingerprint density at radius 2 is 2.07 bits per heavy atom. The number of hydrogen-bond donors (Lipinski definition) is 0. The van der Waals surface area contributed by atoms with E-state index in [1.54, 1.807) is 31.2 Å². The zero-order valence-corrected chi connectivity index (χ0v) is 9.10. The van der Waals surface area contributed by atoms with E-state index in [-0.39, 0.29) is 5.78 Å². The minimum absolute atomic E-state index is 0.171. The number of nitrogens with zero attached hydrogens (tertiary/aromatic N) is 3. The molecule has 5 heteroatoms. The van der Waals surface area contributed by atoms with Crippen LogP contribution in [0.2, 0.25) is 0 Å². The topological polar surface area (TPSA) is 65.8 Å². The van der Waals surface area contributed by atoms with Gasteiger partial charge in [0.15, 0.2) is 5.78 Å². The first-order chi connectivity index (χ1) is 6.65. The average molecular weight is 254 g/mol. The van der Waals surface area contributed by atoms with Crippen LogP contribution in [0.4, 0.5) is 0 Å². The normalized spacial score (nSPS) is 11.6. The highest BCUT2D eigenvalue weighted by molar-refractivity contribution is 9.10. The molecule has 1 aromatic rings. The summed E-state index contributed by atoms with van der Waals surface area (Å²) in [7, 11) is 0. The summed E-state index contributed by atoms with van der Waals surface area (Å²) >= 11 is 3.27. The molecule has 0 fully saturated rings. The van der Waals surface area contributed by atoms with E-state index < -0.39 is 6.04 Å². The van der Waals surface area contributed by atoms with Gasteiger partial charge in [0.2, 0.25) is 0 Å². The predicted molar refractivity (Wildman–Crippen MR) is 57.1 cm³/mol. The van der Waals surface area contributed by atoms with Gasteiger partial charge in [-0.25, -0.2) is 0 Å². The van der Waals surface area contributed by atoms with Crippen molar-refractivity contribution in [3.8, 4) is 0 Å². The fourth-order valence-electron chi connectivity index (χ4n) is 0.985. The van der Waals surface area contributed by atoms with Crippen molar-refractivity contribution in [1.29, 1.82) is 0 Å². The number of Topliss-reactive ketones (excluding diaryl/α,β-unsaturated/α-hetero) is 1. The van der Waals surface area contributed by atoms with Crippen LogP contribution in [0.3, 0.4) is 0 Å². The van der Waals surface area contributed by atoms with Crippen molar-refractivity contribution in [3.05, 3.63) is 44.7 Å². The molecule has 72 valence electrons. The van der Waals surface area contributed by atoms with Crippen LogP contribution in [0.5, 0.6) is 0 Å². The zero-order valence-electron chi connectivity index (χ0n) is 7.51. The maximum Gasteiger partial charge on any atom is 0.171 e. The first-order valence-corrected chi connectivity index (χ1v) is 4.78. The summed E-state index contributed by atoms with van der Waals surface area (Å²) in [6.45, 7) is 1.57. The third-order valence-corrected chi connectivity index (χ3v) is 2.26. The second-order valence-corrected chi connectivity index (χ2v) is 3.67. The largest absolute Gasteiger partial charge is 0.294 e. The lowest BCUT2D eigenvalue weighted by molar-refractivity contribution is 0.0968. The second kappa shape index (κ2) is 4.79. The van der Waals surface area contributed by atoms with Gasteiger partial charge < -0.3 is 0 Å². The minimum atomic E-state index is -0.652. The van der Waals surface area contributed by atoms with Gasteiger partial charge in [0.25, 0.3) is 0 Å². The molecule has 14 heavy (non-hydrogen) atoms. The van der Waals surface area contributed by atoms with Crippen LogP contribution in [0, 0.1) is 0 Å². The minimum Gasteiger partial charge on any atom is -0.294 e. The molecule has 1 aromatic carbocycles. The number of rotatable bonds is 3. The maximum absolute atomic E-state index is 11.6. The third kappa shape index (κ3) is 2.58. The van der Waals surface area contributed by atoms with Crippen molar-refractivity contribution in [2.24, 2.45) is 5.11 Å². The Hall–Kier alpha value is -1.32. The van der Waals surface area contributed by atoms with Gasteiger partial charge in [-0.1, -0.05) is 33.2 Å². The quantitative estimate of drug-likeness (QED) is 0.353. The van der Waals surface area contributed by atoms with E-state index in [4.69, 9.17) is 5.53 Å². The number of azide groups is 1. The predicted octanol–water partition coefficient (Wildman–Crippen LogP) is 3.33. The van der Waals surface area contributed by atoms with Crippen molar-refractivity contribution in [3.63, 3.8) is 0 Å². The summed E-state index contributed by atoms with van der Waals surface area (Å²) in [5, 5.41) is 3.34. The van der Waals surface area contributed by atoms with Gasteiger partial charge in [0, 0.05) is 14.9 Å². The number of benzene rings is 1. The van der Waals surface area contributed by atoms with Crippen LogP contribution in [-0.2, 0) is 0 Å². The van der Waals surface area contributed by atoms with Crippen LogP contribution in [0.15, 0.2) is 33.9 Å². The van der Waals surface area contributed by atoms with Gasteiger partial charge in [-0.3, -0.25) is 4.79 Å². The fraction of sp³-hybridized carbons (Fsp3) is 0.222. The van der Waals surface area contributed by atoms with Crippen molar-refractivity contribution in [1.82, 2.24) is 0 Å². The molecule has 1 rings (SSSR count). The number of carbonyl (C=O) groups is 1. The molecule has 0 spiro atoms. The Morgan fingerprint density at radius 1 is 1.50 bits per heavy atom. The Labute approximate surface area is 89.7 Å². The monoisotopic (exact) mass is 253 g/mol. The van der Waals surface area contributed by atoms with E-state index in [0.717, 1.165) is 4.47 Å². The summed E-state index contributed by atoms with van der Waals surface area (Å²) in [6, 6.07) is 6.28. The third-order valence-electron chi connectivity index (χ3n) is 1.73. The molecule has 0 aliphatic carbocycles. The summed E-state index contributed by atoms with van der Waals surface area (Å²) < 4.78 is 0.908. The van der Waals surface area contributed by atoms with Crippen LogP contribution >= 0.6 is 15.9 Å². The van der Waals surface area contributed by atoms with Gasteiger partial charge in [-0.15, -0.1) is 0 Å². The molecule has 0 aromatic heterocycles. The van der Waals surface area contributed by atoms with Crippen molar-refractivity contribution in [2.45, 2.75) is 13.0 Å². The SMILES string of the molecule is C[C@H](N=[N+]=[N-])C(=O)c1ccc(Br)cc1. The van der Waals surface area contributed by atoms with Crippen LogP contribution in [0.25, 0.3) is 10.4 Å². The Morgan fingerprint density at radius 3 is 2.57 bits per heavy atom. The Balaban J connectivity index is 2.89. The number of hydrogen-bond acceptors (Lipinski definition) is 2. The molecular weight excluding hydrogens is 246 g/mol. The standard InChI is InChI=1S/C9H8BrN3O/c1-6(12-13-11)9(14)7-2-4-8(10)5-3-7/h2-6H,1H3/t6-/m0/s1. The lowest BCUT2D eigenvalue weighted by Crippen LogP contribution is -2.13. The van der Waals surface area contributed by atoms with Crippen LogP contribution in [0.1, 0.15) is 17.3 Å². The maximum atomic E-state index is 11.6. The highest BCUT2D eigenvalue weighted by atomic mass is 79.9. The first kappa shape index (κ1) is 10.8. The van der Waals surface area contributed by atoms with E-state index in [1.165, 1.54) is 0 Å². The molecular formula is C9H8BrN3O. The van der Waals surface area contributed by atoms with E-state index in [1.807, 2.05) is 0 Å². The van der Waals surface area contributed by atoms with E-state index in [2.05, 4.69) is 26.0 Å². The molecule has 0 heterocycles. The van der Waals surface area contributed by atoms with Gasteiger partial charge in [-0.05, 0) is 24.6 Å². The summed E-state index contributed by atoms with van der Waals surface area (Å²) in [5.74, 6) is -0.171. The van der Waals surface area contributed by atoms with Crippen molar-refractivity contribution in [2.75, 3.05) is 0 Å². The molecule has 1 atom stereocenters. The number of halogens is 1. The second-order valence-electron chi connectivity index (χ2n) is 2.75. The van der Waals surface area contributed by atoms with Gasteiger partial charge in [-0.2, -0.15) is 0 Å². The number of carbonyl (C=O) groups excluding carboxylic acids is 1. The fourth-order valence-corrected chi connectivity index (χ4v) is 1.25. The van der Waals surface area contributed by atoms with Gasteiger partial charge in [0.05, 0.1) is 6.04 Å². The molecule has 0 N–H and O–H groups in total. The van der Waals surface area contributed by atoms with E-state index >= 15 is 0 Å². The Kier molecular flexibility index (Phi) is 3.68. The van der Waals surface area contributed by atoms with Crippen LogP contribution < -0.4 is 0 Å². The summed E-state index contributed by atoms with van der Waals surface area (Å²) in [4.78, 5) is 14.2. The molecule has 0 saturated carbocycles. The highest BCUT2D eigenvalue weighted by Crippen LogP contribution is 2.12. The van der Waals surface area contributed by atoms with Gasteiger partial charge in [0.1, 0.15) is 0 Å². The first-order valence-electron chi connectivity index (χ1n) is 3.99. The molecule has 0 saturated heterocycles. The van der Waals surface area contributed by atoms with Crippen molar-refractivity contribution < 1.29 is 4.79 Å². The highest BCUT2D eigenvalue weighted by Gasteiger charge is 2.12. The van der Waals surface area contributed by atoms with E-state index in [9.17, 15) is 4.79 Å². The average Bonchev–Trinajstić information content (AvgIpc) is 2.18. The zero-order chi connectivity index (χ0) is 10.6. The lowest BCUT2D eigenvalue weighted by Gasteiger charge is -2.03. The van der Waals surface area contributed by atoms with Crippen LogP contribution in [-0.4, -0.2) is 11.8 Å². The summed E-state index contributed by atoms with van der Waals surface area (Å²) in [6.07, 6.45) is 0. The van der Waals surface area contributed by atoms with Gasteiger partial charge >= 0.3 is 0 Å². The Bertz CT molecular complexity index is 382.